The second-order valence-electron chi connectivity index (χ2n) is 13.6. The van der Waals surface area contributed by atoms with Gasteiger partial charge >= 0.3 is 0 Å². The number of hydrogen-bond acceptors (Lipinski definition) is 7. The Labute approximate surface area is 255 Å². The zero-order chi connectivity index (χ0) is 30.7. The molecule has 0 bridgehead atoms. The third kappa shape index (κ3) is 7.22. The lowest BCUT2D eigenvalue weighted by Gasteiger charge is -2.40. The molecule has 3 amide bonds. The van der Waals surface area contributed by atoms with Crippen molar-refractivity contribution in [1.82, 2.24) is 25.0 Å². The lowest BCUT2D eigenvalue weighted by atomic mass is 9.94. The van der Waals surface area contributed by atoms with Gasteiger partial charge in [0.05, 0.1) is 11.8 Å². The van der Waals surface area contributed by atoms with E-state index in [1.54, 1.807) is 35.4 Å². The van der Waals surface area contributed by atoms with Crippen molar-refractivity contribution < 1.29 is 23.5 Å². The van der Waals surface area contributed by atoms with E-state index in [0.29, 0.717) is 49.2 Å². The lowest BCUT2D eigenvalue weighted by molar-refractivity contribution is -0.146. The largest absolute Gasteiger partial charge is 0.483 e. The van der Waals surface area contributed by atoms with Crippen LogP contribution in [0, 0.1) is 5.92 Å². The highest BCUT2D eigenvalue weighted by Gasteiger charge is 2.42. The Balaban J connectivity index is 1.26. The van der Waals surface area contributed by atoms with E-state index in [0.717, 1.165) is 38.2 Å². The van der Waals surface area contributed by atoms with E-state index in [1.807, 2.05) is 39.5 Å². The first-order chi connectivity index (χ1) is 20.5. The summed E-state index contributed by atoms with van der Waals surface area (Å²) in [5.41, 5.74) is 0.153. The number of oxazole rings is 1. The van der Waals surface area contributed by atoms with Crippen molar-refractivity contribution in [2.75, 3.05) is 32.7 Å². The highest BCUT2D eigenvalue weighted by Crippen LogP contribution is 2.27. The fourth-order valence-electron chi connectivity index (χ4n) is 6.46. The molecule has 5 rings (SSSR count). The van der Waals surface area contributed by atoms with Gasteiger partial charge in [0.2, 0.25) is 17.7 Å². The van der Waals surface area contributed by atoms with Crippen LogP contribution in [0.3, 0.4) is 0 Å². The number of benzene rings is 1. The summed E-state index contributed by atoms with van der Waals surface area (Å²) in [5.74, 6) is 1.19. The van der Waals surface area contributed by atoms with Crippen LogP contribution in [0.25, 0.3) is 0 Å². The van der Waals surface area contributed by atoms with Crippen LogP contribution < -0.4 is 10.1 Å². The van der Waals surface area contributed by atoms with Crippen molar-refractivity contribution in [2.45, 2.75) is 96.9 Å². The molecule has 10 heteroatoms. The molecule has 1 N–H and O–H groups in total. The maximum absolute atomic E-state index is 14.0. The van der Waals surface area contributed by atoms with Crippen LogP contribution in [-0.2, 0) is 21.6 Å². The van der Waals surface area contributed by atoms with Gasteiger partial charge in [-0.2, -0.15) is 0 Å². The highest BCUT2D eigenvalue weighted by atomic mass is 16.5. The summed E-state index contributed by atoms with van der Waals surface area (Å²) < 4.78 is 11.8. The summed E-state index contributed by atoms with van der Waals surface area (Å²) in [6.07, 6.45) is 5.92. The van der Waals surface area contributed by atoms with Crippen LogP contribution in [0.1, 0.15) is 88.7 Å². The average molecular weight is 594 g/mol. The number of aromatic nitrogens is 1. The van der Waals surface area contributed by atoms with Crippen LogP contribution in [0.15, 0.2) is 34.9 Å². The molecule has 0 unspecified atom stereocenters. The Hall–Kier alpha value is -3.40. The molecule has 1 aromatic carbocycles. The van der Waals surface area contributed by atoms with Crippen molar-refractivity contribution in [2.24, 2.45) is 5.92 Å². The van der Waals surface area contributed by atoms with E-state index in [4.69, 9.17) is 9.15 Å². The van der Waals surface area contributed by atoms with Crippen LogP contribution in [0.4, 0.5) is 0 Å². The van der Waals surface area contributed by atoms with Gasteiger partial charge in [-0.15, -0.1) is 0 Å². The standard InChI is InChI=1S/C33H47N5O5/c1-22(2)18-25(31(40)38-15-9-12-26(38)32(41)37-17-16-36-14-8-10-23(36)20-37)35-30(39)24-11-6-7-13-27(24)42-21-29-34-19-28(43-29)33(3,4)5/h6-7,11,13,19,22-23,25-26H,8-10,12,14-18,20-21H2,1-5H3,(H,35,39)/t23-,25-,26-/m1/s1. The summed E-state index contributed by atoms with van der Waals surface area (Å²) in [7, 11) is 0. The Bertz CT molecular complexity index is 1300. The van der Waals surface area contributed by atoms with Crippen LogP contribution in [0.5, 0.6) is 5.75 Å². The Morgan fingerprint density at radius 1 is 1.07 bits per heavy atom. The molecule has 0 radical (unpaired) electrons. The lowest BCUT2D eigenvalue weighted by Crippen LogP contribution is -2.58. The molecule has 43 heavy (non-hydrogen) atoms. The highest BCUT2D eigenvalue weighted by molar-refractivity contribution is 6.00. The fraction of sp³-hybridized carbons (Fsp3) is 0.636. The summed E-state index contributed by atoms with van der Waals surface area (Å²) >= 11 is 0. The van der Waals surface area contributed by atoms with Gasteiger partial charge in [-0.05, 0) is 56.7 Å². The molecule has 2 aromatic rings. The van der Waals surface area contributed by atoms with E-state index in [9.17, 15) is 14.4 Å². The van der Waals surface area contributed by atoms with Crippen molar-refractivity contribution in [3.63, 3.8) is 0 Å². The summed E-state index contributed by atoms with van der Waals surface area (Å²) in [6.45, 7) is 14.3. The van der Waals surface area contributed by atoms with Gasteiger partial charge < -0.3 is 24.3 Å². The molecule has 0 spiro atoms. The SMILES string of the molecule is CC(C)C[C@@H](NC(=O)c1ccccc1OCc1ncc(C(C)(C)C)o1)C(=O)N1CCC[C@@H]1C(=O)N1CCN2CCC[C@@H]2C1. The van der Waals surface area contributed by atoms with Gasteiger partial charge in [0, 0.05) is 37.6 Å². The number of hydrogen-bond donors (Lipinski definition) is 1. The van der Waals surface area contributed by atoms with Crippen molar-refractivity contribution in [3.8, 4) is 5.75 Å². The van der Waals surface area contributed by atoms with E-state index in [-0.39, 0.29) is 29.8 Å². The molecule has 1 aromatic heterocycles. The fourth-order valence-corrected chi connectivity index (χ4v) is 6.46. The van der Waals surface area contributed by atoms with Crippen molar-refractivity contribution >= 4 is 17.7 Å². The second-order valence-corrected chi connectivity index (χ2v) is 13.6. The molecular formula is C33H47N5O5. The summed E-state index contributed by atoms with van der Waals surface area (Å²) in [6, 6.07) is 6.18. The number of rotatable bonds is 9. The number of amides is 3. The molecule has 10 nitrogen and oxygen atoms in total. The van der Waals surface area contributed by atoms with Gasteiger partial charge in [0.15, 0.2) is 6.61 Å². The molecule has 0 aliphatic carbocycles. The monoisotopic (exact) mass is 593 g/mol. The van der Waals surface area contributed by atoms with Crippen molar-refractivity contribution in [3.05, 3.63) is 47.7 Å². The first kappa shape index (κ1) is 31.0. The van der Waals surface area contributed by atoms with E-state index < -0.39 is 18.0 Å². The smallest absolute Gasteiger partial charge is 0.255 e. The average Bonchev–Trinajstić information content (AvgIpc) is 3.75. The van der Waals surface area contributed by atoms with Crippen LogP contribution in [0.2, 0.25) is 0 Å². The van der Waals surface area contributed by atoms with Gasteiger partial charge in [-0.3, -0.25) is 19.3 Å². The number of piperazine rings is 1. The zero-order valence-corrected chi connectivity index (χ0v) is 26.3. The number of ether oxygens (including phenoxy) is 1. The molecule has 3 saturated heterocycles. The zero-order valence-electron chi connectivity index (χ0n) is 26.3. The number of likely N-dealkylation sites (tertiary alicyclic amines) is 1. The number of carbonyl (C=O) groups is 3. The number of para-hydroxylation sites is 1. The maximum Gasteiger partial charge on any atom is 0.255 e. The number of nitrogens with zero attached hydrogens (tertiary/aromatic N) is 4. The third-order valence-electron chi connectivity index (χ3n) is 8.81. The van der Waals surface area contributed by atoms with Crippen LogP contribution >= 0.6 is 0 Å². The molecule has 0 saturated carbocycles. The van der Waals surface area contributed by atoms with Gasteiger partial charge in [-0.1, -0.05) is 46.8 Å². The third-order valence-corrected chi connectivity index (χ3v) is 8.81. The van der Waals surface area contributed by atoms with Gasteiger partial charge in [0.1, 0.15) is 23.6 Å². The van der Waals surface area contributed by atoms with E-state index in [1.165, 1.54) is 6.42 Å². The summed E-state index contributed by atoms with van der Waals surface area (Å²) in [5, 5.41) is 2.99. The maximum atomic E-state index is 14.0. The predicted molar refractivity (Wildman–Crippen MR) is 163 cm³/mol. The molecule has 3 atom stereocenters. The van der Waals surface area contributed by atoms with Crippen molar-refractivity contribution in [1.29, 1.82) is 0 Å². The second kappa shape index (κ2) is 13.1. The van der Waals surface area contributed by atoms with E-state index >= 15 is 0 Å². The first-order valence-corrected chi connectivity index (χ1v) is 15.8. The molecule has 234 valence electrons. The predicted octanol–water partition coefficient (Wildman–Crippen LogP) is 3.99. The summed E-state index contributed by atoms with van der Waals surface area (Å²) in [4.78, 5) is 51.8. The topological polar surface area (TPSA) is 108 Å². The molecule has 3 aliphatic rings. The normalized spacial score (nSPS) is 21.6. The molecule has 4 heterocycles. The first-order valence-electron chi connectivity index (χ1n) is 15.8. The molecular weight excluding hydrogens is 546 g/mol. The van der Waals surface area contributed by atoms with Gasteiger partial charge in [-0.25, -0.2) is 4.98 Å². The number of nitrogens with one attached hydrogen (secondary N) is 1. The number of carbonyl (C=O) groups excluding carboxylic acids is 3. The minimum absolute atomic E-state index is 0.0481. The molecule has 3 fully saturated rings. The Morgan fingerprint density at radius 3 is 2.58 bits per heavy atom. The Morgan fingerprint density at radius 2 is 1.84 bits per heavy atom. The minimum atomic E-state index is -0.748. The minimum Gasteiger partial charge on any atom is -0.483 e. The Kier molecular flexibility index (Phi) is 9.44. The number of fused-ring (bicyclic) bond motifs is 1. The quantitative estimate of drug-likeness (QED) is 0.468. The molecule has 3 aliphatic heterocycles. The van der Waals surface area contributed by atoms with E-state index in [2.05, 4.69) is 15.2 Å². The van der Waals surface area contributed by atoms with Crippen LogP contribution in [-0.4, -0.2) is 88.3 Å². The van der Waals surface area contributed by atoms with Gasteiger partial charge in [0.25, 0.3) is 5.91 Å².